The molecule has 3 rings (SSSR count). The van der Waals surface area contributed by atoms with Gasteiger partial charge in [0, 0.05) is 12.1 Å². The molecule has 0 aromatic heterocycles. The van der Waals surface area contributed by atoms with Gasteiger partial charge in [-0.2, -0.15) is 0 Å². The number of hydrogen-bond donors (Lipinski definition) is 1. The van der Waals surface area contributed by atoms with E-state index in [1.54, 1.807) is 12.1 Å². The molecule has 1 N–H and O–H groups in total. The number of phenols is 1. The van der Waals surface area contributed by atoms with Crippen LogP contribution in [0.1, 0.15) is 24.2 Å². The molecule has 2 aromatic carbocycles. The van der Waals surface area contributed by atoms with Crippen LogP contribution in [-0.2, 0) is 0 Å². The molecule has 3 heteroatoms. The van der Waals surface area contributed by atoms with Crippen LogP contribution in [0, 0.1) is 5.92 Å². The number of carbonyl (C=O) groups is 1. The third-order valence-corrected chi connectivity index (χ3v) is 4.25. The predicted molar refractivity (Wildman–Crippen MR) is 92.3 cm³/mol. The molecule has 23 heavy (non-hydrogen) atoms. The molecule has 1 aliphatic rings. The lowest BCUT2D eigenvalue weighted by molar-refractivity contribution is 0.0720. The first-order valence-electron chi connectivity index (χ1n) is 7.93. The van der Waals surface area contributed by atoms with Gasteiger partial charge in [-0.15, -0.1) is 0 Å². The van der Waals surface area contributed by atoms with Crippen LogP contribution in [0.5, 0.6) is 5.75 Å². The van der Waals surface area contributed by atoms with E-state index in [-0.39, 0.29) is 17.7 Å². The smallest absolute Gasteiger partial charge is 0.254 e. The molecule has 1 aliphatic heterocycles. The van der Waals surface area contributed by atoms with Crippen LogP contribution < -0.4 is 0 Å². The van der Waals surface area contributed by atoms with Crippen molar-refractivity contribution in [1.29, 1.82) is 0 Å². The standard InChI is InChI=1S/C20H21NO2/c1-14(2)19-7-4-12-21(19)20(23)17-6-3-5-16(13-17)15-8-10-18(22)11-9-15/h3-11,13-14,19,22H,12H2,1-2H3/t19-/m1/s1. The fourth-order valence-electron chi connectivity index (χ4n) is 2.99. The highest BCUT2D eigenvalue weighted by molar-refractivity contribution is 5.96. The summed E-state index contributed by atoms with van der Waals surface area (Å²) in [5.41, 5.74) is 2.66. The first kappa shape index (κ1) is 15.3. The summed E-state index contributed by atoms with van der Waals surface area (Å²) < 4.78 is 0. The van der Waals surface area contributed by atoms with Crippen molar-refractivity contribution in [3.63, 3.8) is 0 Å². The Hall–Kier alpha value is -2.55. The first-order chi connectivity index (χ1) is 11.1. The Bertz CT molecular complexity index is 732. The Balaban J connectivity index is 1.88. The number of phenolic OH excluding ortho intramolecular Hbond substituents is 1. The third kappa shape index (κ3) is 3.14. The Labute approximate surface area is 136 Å². The van der Waals surface area contributed by atoms with Crippen LogP contribution >= 0.6 is 0 Å². The zero-order valence-corrected chi connectivity index (χ0v) is 13.4. The molecule has 3 nitrogen and oxygen atoms in total. The largest absolute Gasteiger partial charge is 0.508 e. The van der Waals surface area contributed by atoms with Crippen molar-refractivity contribution < 1.29 is 9.90 Å². The molecule has 1 atom stereocenters. The van der Waals surface area contributed by atoms with Gasteiger partial charge in [-0.3, -0.25) is 4.79 Å². The quantitative estimate of drug-likeness (QED) is 0.867. The van der Waals surface area contributed by atoms with E-state index >= 15 is 0 Å². The number of amides is 1. The number of aromatic hydroxyl groups is 1. The van der Waals surface area contributed by atoms with E-state index in [2.05, 4.69) is 26.0 Å². The summed E-state index contributed by atoms with van der Waals surface area (Å²) in [6.45, 7) is 4.94. The zero-order valence-electron chi connectivity index (χ0n) is 13.4. The van der Waals surface area contributed by atoms with Gasteiger partial charge in [-0.1, -0.05) is 50.3 Å². The van der Waals surface area contributed by atoms with Crippen molar-refractivity contribution in [3.05, 3.63) is 66.2 Å². The summed E-state index contributed by atoms with van der Waals surface area (Å²) in [6.07, 6.45) is 4.18. The summed E-state index contributed by atoms with van der Waals surface area (Å²) in [5, 5.41) is 9.40. The van der Waals surface area contributed by atoms with Crippen LogP contribution in [0.4, 0.5) is 0 Å². The predicted octanol–water partition coefficient (Wildman–Crippen LogP) is 4.10. The van der Waals surface area contributed by atoms with Crippen molar-refractivity contribution in [2.75, 3.05) is 6.54 Å². The topological polar surface area (TPSA) is 40.5 Å². The van der Waals surface area contributed by atoms with E-state index in [0.717, 1.165) is 11.1 Å². The fourth-order valence-corrected chi connectivity index (χ4v) is 2.99. The van der Waals surface area contributed by atoms with Gasteiger partial charge in [-0.25, -0.2) is 0 Å². The first-order valence-corrected chi connectivity index (χ1v) is 7.93. The minimum Gasteiger partial charge on any atom is -0.508 e. The maximum absolute atomic E-state index is 12.8. The molecule has 0 fully saturated rings. The zero-order chi connectivity index (χ0) is 16.4. The second-order valence-corrected chi connectivity index (χ2v) is 6.25. The van der Waals surface area contributed by atoms with E-state index in [4.69, 9.17) is 0 Å². The second-order valence-electron chi connectivity index (χ2n) is 6.25. The molecule has 0 saturated carbocycles. The molecule has 1 heterocycles. The Morgan fingerprint density at radius 2 is 1.87 bits per heavy atom. The fraction of sp³-hybridized carbons (Fsp3) is 0.250. The molecule has 2 aromatic rings. The van der Waals surface area contributed by atoms with Gasteiger partial charge in [0.2, 0.25) is 0 Å². The SMILES string of the molecule is CC(C)[C@H]1C=CCN1C(=O)c1cccc(-c2ccc(O)cc2)c1. The van der Waals surface area contributed by atoms with Gasteiger partial charge in [0.15, 0.2) is 0 Å². The highest BCUT2D eigenvalue weighted by Gasteiger charge is 2.27. The van der Waals surface area contributed by atoms with Crippen LogP contribution in [0.3, 0.4) is 0 Å². The lowest BCUT2D eigenvalue weighted by atomic mass is 10.0. The molecule has 0 spiro atoms. The Kier molecular flexibility index (Phi) is 4.20. The lowest BCUT2D eigenvalue weighted by Gasteiger charge is -2.27. The molecule has 0 saturated heterocycles. The molecule has 0 bridgehead atoms. The number of nitrogens with zero attached hydrogens (tertiary/aromatic N) is 1. The third-order valence-electron chi connectivity index (χ3n) is 4.25. The highest BCUT2D eigenvalue weighted by atomic mass is 16.3. The van der Waals surface area contributed by atoms with E-state index in [1.165, 1.54) is 0 Å². The summed E-state index contributed by atoms with van der Waals surface area (Å²) in [6, 6.07) is 14.9. The summed E-state index contributed by atoms with van der Waals surface area (Å²) in [5.74, 6) is 0.705. The molecular weight excluding hydrogens is 286 g/mol. The minimum atomic E-state index is 0.0642. The number of hydrogen-bond acceptors (Lipinski definition) is 2. The molecule has 1 amide bonds. The van der Waals surface area contributed by atoms with Crippen molar-refractivity contribution in [2.24, 2.45) is 5.92 Å². The Morgan fingerprint density at radius 3 is 2.57 bits per heavy atom. The maximum atomic E-state index is 12.8. The van der Waals surface area contributed by atoms with Crippen LogP contribution in [-0.4, -0.2) is 28.5 Å². The van der Waals surface area contributed by atoms with Gasteiger partial charge in [0.05, 0.1) is 6.04 Å². The lowest BCUT2D eigenvalue weighted by Crippen LogP contribution is -2.39. The van der Waals surface area contributed by atoms with Gasteiger partial charge in [-0.05, 0) is 41.3 Å². The average molecular weight is 307 g/mol. The summed E-state index contributed by atoms with van der Waals surface area (Å²) in [7, 11) is 0. The second kappa shape index (κ2) is 6.29. The van der Waals surface area contributed by atoms with E-state index in [0.29, 0.717) is 18.0 Å². The van der Waals surface area contributed by atoms with Crippen molar-refractivity contribution >= 4 is 5.91 Å². The van der Waals surface area contributed by atoms with Crippen LogP contribution in [0.15, 0.2) is 60.7 Å². The molecule has 118 valence electrons. The van der Waals surface area contributed by atoms with Gasteiger partial charge < -0.3 is 10.0 Å². The van der Waals surface area contributed by atoms with Crippen LogP contribution in [0.2, 0.25) is 0 Å². The average Bonchev–Trinajstić information content (AvgIpc) is 3.05. The monoisotopic (exact) mass is 307 g/mol. The van der Waals surface area contributed by atoms with Crippen molar-refractivity contribution in [1.82, 2.24) is 4.90 Å². The maximum Gasteiger partial charge on any atom is 0.254 e. The van der Waals surface area contributed by atoms with Crippen molar-refractivity contribution in [3.8, 4) is 16.9 Å². The van der Waals surface area contributed by atoms with E-state index in [1.807, 2.05) is 41.3 Å². The van der Waals surface area contributed by atoms with Gasteiger partial charge in [0.1, 0.15) is 5.75 Å². The number of benzene rings is 2. The van der Waals surface area contributed by atoms with E-state index in [9.17, 15) is 9.90 Å². The molecule has 0 unspecified atom stereocenters. The number of carbonyl (C=O) groups excluding carboxylic acids is 1. The number of rotatable bonds is 3. The molecular formula is C20H21NO2. The summed E-state index contributed by atoms with van der Waals surface area (Å²) >= 11 is 0. The molecule has 0 aliphatic carbocycles. The Morgan fingerprint density at radius 1 is 1.13 bits per heavy atom. The minimum absolute atomic E-state index is 0.0642. The van der Waals surface area contributed by atoms with Gasteiger partial charge >= 0.3 is 0 Å². The van der Waals surface area contributed by atoms with Gasteiger partial charge in [0.25, 0.3) is 5.91 Å². The van der Waals surface area contributed by atoms with Crippen molar-refractivity contribution in [2.45, 2.75) is 19.9 Å². The van der Waals surface area contributed by atoms with E-state index < -0.39 is 0 Å². The molecule has 0 radical (unpaired) electrons. The van der Waals surface area contributed by atoms with Crippen LogP contribution in [0.25, 0.3) is 11.1 Å². The normalized spacial score (nSPS) is 17.0. The highest BCUT2D eigenvalue weighted by Crippen LogP contribution is 2.25. The summed E-state index contributed by atoms with van der Waals surface area (Å²) in [4.78, 5) is 14.8.